The Kier molecular flexibility index (Phi) is 4.30. The molecule has 0 bridgehead atoms. The Balaban J connectivity index is 2.49. The van der Waals surface area contributed by atoms with Gasteiger partial charge in [-0.15, -0.1) is 0 Å². The van der Waals surface area contributed by atoms with E-state index in [4.69, 9.17) is 9.84 Å². The number of rotatable bonds is 2. The molecule has 3 unspecified atom stereocenters. The first-order chi connectivity index (χ1) is 8.90. The van der Waals surface area contributed by atoms with Crippen LogP contribution in [0, 0.1) is 0 Å². The quantitative estimate of drug-likeness (QED) is 0.618. The highest BCUT2D eigenvalue weighted by Gasteiger charge is 2.35. The summed E-state index contributed by atoms with van der Waals surface area (Å²) in [6.45, 7) is 1.35. The molecule has 1 aliphatic rings. The molecule has 1 aliphatic carbocycles. The van der Waals surface area contributed by atoms with Crippen LogP contribution in [0.1, 0.15) is 45.8 Å². The molecule has 2 rings (SSSR count). The zero-order valence-electron chi connectivity index (χ0n) is 10.1. The second-order valence-corrected chi connectivity index (χ2v) is 6.68. The molecule has 102 valence electrons. The van der Waals surface area contributed by atoms with E-state index < -0.39 is 12.1 Å². The van der Waals surface area contributed by atoms with Crippen LogP contribution in [0.4, 0.5) is 0 Å². The van der Waals surface area contributed by atoms with Crippen LogP contribution in [-0.2, 0) is 9.53 Å². The summed E-state index contributed by atoms with van der Waals surface area (Å²) in [4.78, 5) is 22.3. The Morgan fingerprint density at radius 1 is 1.32 bits per heavy atom. The van der Waals surface area contributed by atoms with Gasteiger partial charge in [0.25, 0.3) is 0 Å². The molecule has 0 aromatic heterocycles. The predicted octanol–water partition coefficient (Wildman–Crippen LogP) is 3.59. The molecule has 1 N–H and O–H groups in total. The Morgan fingerprint density at radius 2 is 2.00 bits per heavy atom. The molecule has 4 nitrogen and oxygen atoms in total. The molecule has 0 aliphatic heterocycles. The number of ether oxygens (including phenoxy) is 1. The number of hydrogen-bond donors (Lipinski definition) is 1. The molecular formula is C13H12Br2O4. The number of carboxylic acids is 1. The van der Waals surface area contributed by atoms with Gasteiger partial charge in [-0.25, -0.2) is 4.79 Å². The number of alkyl halides is 2. The first kappa shape index (κ1) is 14.5. The molecule has 1 aromatic carbocycles. The summed E-state index contributed by atoms with van der Waals surface area (Å²) < 4.78 is 5.31. The lowest BCUT2D eigenvalue weighted by atomic mass is 9.88. The number of fused-ring (bicyclic) bond motifs is 1. The van der Waals surface area contributed by atoms with Gasteiger partial charge in [-0.1, -0.05) is 37.9 Å². The molecule has 0 saturated heterocycles. The standard InChI is InChI=1S/C13H12Br2O4/c1-6(16)19-12-9-4-7(13(17)18)2-3-8(9)10(14)5-11(12)15/h2-4,10-12H,5H2,1H3,(H,17,18). The lowest BCUT2D eigenvalue weighted by Gasteiger charge is -2.32. The second-order valence-electron chi connectivity index (χ2n) is 4.40. The van der Waals surface area contributed by atoms with Crippen molar-refractivity contribution in [1.82, 2.24) is 0 Å². The van der Waals surface area contributed by atoms with Crippen LogP contribution in [0.15, 0.2) is 18.2 Å². The van der Waals surface area contributed by atoms with Gasteiger partial charge in [-0.2, -0.15) is 0 Å². The van der Waals surface area contributed by atoms with E-state index in [1.165, 1.54) is 6.92 Å². The normalized spacial score (nSPS) is 25.5. The maximum atomic E-state index is 11.2. The number of carbonyl (C=O) groups excluding carboxylic acids is 1. The number of benzene rings is 1. The SMILES string of the molecule is CC(=O)OC1c2cc(C(=O)O)ccc2C(Br)CC1Br. The molecule has 0 spiro atoms. The van der Waals surface area contributed by atoms with Gasteiger partial charge in [0, 0.05) is 11.8 Å². The van der Waals surface area contributed by atoms with Gasteiger partial charge in [-0.3, -0.25) is 4.79 Å². The van der Waals surface area contributed by atoms with Crippen LogP contribution in [0.25, 0.3) is 0 Å². The van der Waals surface area contributed by atoms with E-state index in [-0.39, 0.29) is 21.2 Å². The summed E-state index contributed by atoms with van der Waals surface area (Å²) >= 11 is 7.07. The molecule has 19 heavy (non-hydrogen) atoms. The van der Waals surface area contributed by atoms with Gasteiger partial charge in [0.1, 0.15) is 6.10 Å². The highest BCUT2D eigenvalue weighted by Crippen LogP contribution is 2.45. The van der Waals surface area contributed by atoms with Crippen LogP contribution in [0.2, 0.25) is 0 Å². The van der Waals surface area contributed by atoms with Crippen LogP contribution >= 0.6 is 31.9 Å². The van der Waals surface area contributed by atoms with Gasteiger partial charge < -0.3 is 9.84 Å². The third kappa shape index (κ3) is 3.00. The Labute approximate surface area is 127 Å². The fourth-order valence-electron chi connectivity index (χ4n) is 2.20. The summed E-state index contributed by atoms with van der Waals surface area (Å²) in [5.74, 6) is -1.37. The minimum Gasteiger partial charge on any atom is -0.478 e. The number of carboxylic acid groups (broad SMARTS) is 1. The van der Waals surface area contributed by atoms with Crippen molar-refractivity contribution in [1.29, 1.82) is 0 Å². The van der Waals surface area contributed by atoms with Crippen molar-refractivity contribution < 1.29 is 19.4 Å². The lowest BCUT2D eigenvalue weighted by Crippen LogP contribution is -2.26. The van der Waals surface area contributed by atoms with Gasteiger partial charge >= 0.3 is 11.9 Å². The minimum atomic E-state index is -0.993. The van der Waals surface area contributed by atoms with E-state index in [1.807, 2.05) is 0 Å². The molecule has 3 atom stereocenters. The van der Waals surface area contributed by atoms with Crippen molar-refractivity contribution in [3.63, 3.8) is 0 Å². The summed E-state index contributed by atoms with van der Waals surface area (Å²) in [5, 5.41) is 9.06. The summed E-state index contributed by atoms with van der Waals surface area (Å²) in [6.07, 6.45) is 0.303. The molecule has 0 fully saturated rings. The third-order valence-electron chi connectivity index (χ3n) is 3.03. The van der Waals surface area contributed by atoms with E-state index in [9.17, 15) is 9.59 Å². The average molecular weight is 392 g/mol. The maximum Gasteiger partial charge on any atom is 0.335 e. The number of hydrogen-bond acceptors (Lipinski definition) is 3. The zero-order valence-corrected chi connectivity index (χ0v) is 13.3. The van der Waals surface area contributed by atoms with E-state index in [1.54, 1.807) is 18.2 Å². The van der Waals surface area contributed by atoms with Crippen LogP contribution in [-0.4, -0.2) is 21.9 Å². The molecule has 1 aromatic rings. The van der Waals surface area contributed by atoms with Gasteiger partial charge in [0.05, 0.1) is 10.4 Å². The molecule has 0 saturated carbocycles. The summed E-state index contributed by atoms with van der Waals surface area (Å²) in [6, 6.07) is 4.91. The largest absolute Gasteiger partial charge is 0.478 e. The summed E-state index contributed by atoms with van der Waals surface area (Å²) in [5.41, 5.74) is 1.90. The molecule has 0 amide bonds. The van der Waals surface area contributed by atoms with Crippen molar-refractivity contribution >= 4 is 43.8 Å². The number of aromatic carboxylic acids is 1. The third-order valence-corrected chi connectivity index (χ3v) is 4.75. The van der Waals surface area contributed by atoms with Crippen molar-refractivity contribution in [2.45, 2.75) is 29.1 Å². The number of carbonyl (C=O) groups is 2. The monoisotopic (exact) mass is 390 g/mol. The Morgan fingerprint density at radius 3 is 2.58 bits per heavy atom. The van der Waals surface area contributed by atoms with Gasteiger partial charge in [0.2, 0.25) is 0 Å². The molecule has 0 heterocycles. The lowest BCUT2D eigenvalue weighted by molar-refractivity contribution is -0.147. The van der Waals surface area contributed by atoms with E-state index >= 15 is 0 Å². The van der Waals surface area contributed by atoms with Crippen LogP contribution < -0.4 is 0 Å². The van der Waals surface area contributed by atoms with Crippen molar-refractivity contribution in [3.05, 3.63) is 34.9 Å². The zero-order chi connectivity index (χ0) is 14.2. The van der Waals surface area contributed by atoms with Crippen molar-refractivity contribution in [2.24, 2.45) is 0 Å². The van der Waals surface area contributed by atoms with E-state index in [0.29, 0.717) is 0 Å². The van der Waals surface area contributed by atoms with E-state index in [0.717, 1.165) is 17.5 Å². The van der Waals surface area contributed by atoms with Crippen molar-refractivity contribution in [3.8, 4) is 0 Å². The highest BCUT2D eigenvalue weighted by atomic mass is 79.9. The maximum absolute atomic E-state index is 11.2. The number of esters is 1. The molecule has 6 heteroatoms. The Hall–Kier alpha value is -0.880. The van der Waals surface area contributed by atoms with Crippen molar-refractivity contribution in [2.75, 3.05) is 0 Å². The first-order valence-corrected chi connectivity index (χ1v) is 7.55. The Bertz CT molecular complexity index is 529. The van der Waals surface area contributed by atoms with Crippen LogP contribution in [0.5, 0.6) is 0 Å². The first-order valence-electron chi connectivity index (χ1n) is 5.72. The van der Waals surface area contributed by atoms with Gasteiger partial charge in [-0.05, 0) is 29.7 Å². The molecular weight excluding hydrogens is 380 g/mol. The average Bonchev–Trinajstić information content (AvgIpc) is 2.33. The second kappa shape index (κ2) is 5.63. The molecule has 0 radical (unpaired) electrons. The van der Waals surface area contributed by atoms with Crippen LogP contribution in [0.3, 0.4) is 0 Å². The van der Waals surface area contributed by atoms with Gasteiger partial charge in [0.15, 0.2) is 0 Å². The summed E-state index contributed by atoms with van der Waals surface area (Å²) in [7, 11) is 0. The van der Waals surface area contributed by atoms with E-state index in [2.05, 4.69) is 31.9 Å². The number of halogens is 2. The topological polar surface area (TPSA) is 63.6 Å². The predicted molar refractivity (Wildman–Crippen MR) is 76.9 cm³/mol. The fraction of sp³-hybridized carbons (Fsp3) is 0.385. The highest BCUT2D eigenvalue weighted by molar-refractivity contribution is 9.10. The smallest absolute Gasteiger partial charge is 0.335 e. The fourth-order valence-corrected chi connectivity index (χ4v) is 4.29. The minimum absolute atomic E-state index is 0.0441.